The van der Waals surface area contributed by atoms with Crippen LogP contribution in [0.5, 0.6) is 0 Å². The van der Waals surface area contributed by atoms with Crippen molar-refractivity contribution >= 4 is 49.8 Å². The predicted octanol–water partition coefficient (Wildman–Crippen LogP) is 13.2. The van der Waals surface area contributed by atoms with Crippen LogP contribution in [0, 0.1) is 0 Å². The summed E-state index contributed by atoms with van der Waals surface area (Å²) >= 11 is 0. The van der Waals surface area contributed by atoms with Gasteiger partial charge < -0.3 is 9.32 Å². The number of fused-ring (bicyclic) bond motifs is 4. The van der Waals surface area contributed by atoms with Crippen LogP contribution >= 0.6 is 0 Å². The van der Waals surface area contributed by atoms with E-state index in [1.165, 1.54) is 4.90 Å². The molecule has 0 N–H and O–H groups in total. The summed E-state index contributed by atoms with van der Waals surface area (Å²) < 4.78 is 80.4. The van der Waals surface area contributed by atoms with Crippen molar-refractivity contribution in [2.24, 2.45) is 0 Å². The minimum absolute atomic E-state index is 0.114. The molecule has 0 aliphatic carbocycles. The van der Waals surface area contributed by atoms with E-state index in [4.69, 9.17) is 7.16 Å². The third kappa shape index (κ3) is 5.01. The van der Waals surface area contributed by atoms with E-state index >= 15 is 0 Å². The summed E-state index contributed by atoms with van der Waals surface area (Å²) in [7, 11) is 0. The summed E-state index contributed by atoms with van der Waals surface area (Å²) in [4.78, 5) is 1.33. The van der Waals surface area contributed by atoms with Crippen molar-refractivity contribution in [1.29, 1.82) is 0 Å². The Morgan fingerprint density at radius 2 is 1.00 bits per heavy atom. The molecule has 0 fully saturated rings. The third-order valence-corrected chi connectivity index (χ3v) is 8.61. The van der Waals surface area contributed by atoms with E-state index < -0.39 is 24.2 Å². The van der Waals surface area contributed by atoms with Crippen LogP contribution in [0.4, 0.5) is 17.1 Å². The monoisotopic (exact) mass is 621 g/mol. The number of hydrogen-bond donors (Lipinski definition) is 0. The molecule has 0 radical (unpaired) electrons. The predicted molar refractivity (Wildman–Crippen MR) is 202 cm³/mol. The second kappa shape index (κ2) is 11.8. The van der Waals surface area contributed by atoms with Crippen LogP contribution in [-0.4, -0.2) is 0 Å². The lowest BCUT2D eigenvalue weighted by Gasteiger charge is -2.26. The van der Waals surface area contributed by atoms with Crippen molar-refractivity contribution in [2.75, 3.05) is 4.90 Å². The molecule has 2 nitrogen and oxygen atoms in total. The molecule has 48 heavy (non-hydrogen) atoms. The molecule has 1 heterocycles. The summed E-state index contributed by atoms with van der Waals surface area (Å²) in [6.07, 6.45) is 0. The highest BCUT2D eigenvalue weighted by atomic mass is 16.3. The SMILES string of the molecule is [2H]c1c([2H])c(N(c2ccc(-c3cccc4c3oc3ccccc34)cc2)c2c([2H])c([2H])c(-c3ccc4ccccc4c3)c([2H])c2[2H])c([2H])c([2H])c1-c1ccccc1. The van der Waals surface area contributed by atoms with Gasteiger partial charge in [0.25, 0.3) is 0 Å². The van der Waals surface area contributed by atoms with E-state index in [-0.39, 0.29) is 46.7 Å². The van der Waals surface area contributed by atoms with Crippen LogP contribution < -0.4 is 4.90 Å². The average Bonchev–Trinajstić information content (AvgIpc) is 3.61. The van der Waals surface area contributed by atoms with Crippen LogP contribution in [0.25, 0.3) is 66.1 Å². The Hall–Kier alpha value is -6.38. The van der Waals surface area contributed by atoms with Gasteiger partial charge in [-0.1, -0.05) is 139 Å². The van der Waals surface area contributed by atoms with Crippen molar-refractivity contribution in [3.8, 4) is 33.4 Å². The molecule has 0 atom stereocenters. The topological polar surface area (TPSA) is 16.4 Å². The minimum atomic E-state index is -0.394. The van der Waals surface area contributed by atoms with Gasteiger partial charge in [0, 0.05) is 33.4 Å². The maximum Gasteiger partial charge on any atom is 0.143 e. The maximum atomic E-state index is 9.40. The van der Waals surface area contributed by atoms with Gasteiger partial charge in [-0.25, -0.2) is 0 Å². The quantitative estimate of drug-likeness (QED) is 0.184. The van der Waals surface area contributed by atoms with E-state index in [0.717, 1.165) is 38.3 Å². The lowest BCUT2D eigenvalue weighted by Crippen LogP contribution is -2.09. The first-order chi connectivity index (χ1) is 27.1. The molecule has 0 amide bonds. The molecule has 0 aliphatic heterocycles. The van der Waals surface area contributed by atoms with E-state index in [9.17, 15) is 8.22 Å². The molecule has 226 valence electrons. The zero-order chi connectivity index (χ0) is 38.8. The summed E-state index contributed by atoms with van der Waals surface area (Å²) in [6, 6.07) is 40.0. The lowest BCUT2D eigenvalue weighted by atomic mass is 10.00. The molecule has 1 aromatic heterocycles. The largest absolute Gasteiger partial charge is 0.455 e. The van der Waals surface area contributed by atoms with Crippen molar-refractivity contribution in [2.45, 2.75) is 0 Å². The number of benzene rings is 8. The Balaban J connectivity index is 1.27. The molecule has 0 saturated carbocycles. The lowest BCUT2D eigenvalue weighted by molar-refractivity contribution is 0.670. The smallest absolute Gasteiger partial charge is 0.143 e. The van der Waals surface area contributed by atoms with Crippen LogP contribution in [0.2, 0.25) is 0 Å². The van der Waals surface area contributed by atoms with E-state index in [1.54, 1.807) is 48.5 Å². The van der Waals surface area contributed by atoms with Crippen LogP contribution in [-0.2, 0) is 0 Å². The molecule has 9 aromatic rings. The summed E-state index contributed by atoms with van der Waals surface area (Å²) in [5.41, 5.74) is 4.26. The van der Waals surface area contributed by atoms with Crippen molar-refractivity contribution in [3.05, 3.63) is 188 Å². The first-order valence-corrected chi connectivity index (χ1v) is 15.7. The third-order valence-electron chi connectivity index (χ3n) is 8.61. The molecule has 0 unspecified atom stereocenters. The summed E-state index contributed by atoms with van der Waals surface area (Å²) in [6.45, 7) is 0. The van der Waals surface area contributed by atoms with Gasteiger partial charge in [-0.15, -0.1) is 0 Å². The number of hydrogen-bond acceptors (Lipinski definition) is 2. The molecule has 9 rings (SSSR count). The van der Waals surface area contributed by atoms with E-state index in [2.05, 4.69) is 0 Å². The molecule has 0 aliphatic rings. The molecule has 0 saturated heterocycles. The van der Waals surface area contributed by atoms with Crippen molar-refractivity contribution in [3.63, 3.8) is 0 Å². The van der Waals surface area contributed by atoms with Gasteiger partial charge in [0.15, 0.2) is 0 Å². The molecule has 8 aromatic carbocycles. The molecule has 0 bridgehead atoms. The number of rotatable bonds is 6. The zero-order valence-electron chi connectivity index (χ0n) is 33.6. The van der Waals surface area contributed by atoms with Crippen LogP contribution in [0.1, 0.15) is 11.0 Å². The standard InChI is InChI=1S/C46H31NO/c1-2-9-32(10-3-1)34-19-25-39(26-20-34)47(40-27-21-35(22-28-40)38-18-17-33-11-4-5-12-37(33)31-38)41-29-23-36(24-30-41)42-14-8-15-44-43-13-6-7-16-45(43)48-46(42)44/h1-31H/i19D,20D,21D,22D,25D,26D,27D,28D. The zero-order valence-corrected chi connectivity index (χ0v) is 25.6. The highest BCUT2D eigenvalue weighted by molar-refractivity contribution is 6.09. The first kappa shape index (κ1) is 20.7. The van der Waals surface area contributed by atoms with Gasteiger partial charge in [-0.05, 0) is 87.0 Å². The minimum Gasteiger partial charge on any atom is -0.455 e. The van der Waals surface area contributed by atoms with E-state index in [1.807, 2.05) is 91.0 Å². The highest BCUT2D eigenvalue weighted by Gasteiger charge is 2.16. The van der Waals surface area contributed by atoms with Gasteiger partial charge >= 0.3 is 0 Å². The van der Waals surface area contributed by atoms with Gasteiger partial charge in [0.1, 0.15) is 11.2 Å². The van der Waals surface area contributed by atoms with Gasteiger partial charge in [-0.3, -0.25) is 0 Å². The summed E-state index contributed by atoms with van der Waals surface area (Å²) in [5, 5.41) is 3.80. The maximum absolute atomic E-state index is 9.40. The number of anilines is 3. The van der Waals surface area contributed by atoms with Gasteiger partial charge in [0.05, 0.1) is 11.0 Å². The second-order valence-corrected chi connectivity index (χ2v) is 11.5. The molecule has 2 heteroatoms. The fraction of sp³-hybridized carbons (Fsp3) is 0. The van der Waals surface area contributed by atoms with Crippen LogP contribution in [0.3, 0.4) is 0 Å². The number of nitrogens with zero attached hydrogens (tertiary/aromatic N) is 1. The highest BCUT2D eigenvalue weighted by Crippen LogP contribution is 2.40. The van der Waals surface area contributed by atoms with Gasteiger partial charge in [0.2, 0.25) is 0 Å². The fourth-order valence-corrected chi connectivity index (χ4v) is 6.21. The number of furan rings is 1. The van der Waals surface area contributed by atoms with Gasteiger partial charge in [-0.2, -0.15) is 0 Å². The summed E-state index contributed by atoms with van der Waals surface area (Å²) in [5.74, 6) is 0. The second-order valence-electron chi connectivity index (χ2n) is 11.5. The molecule has 0 spiro atoms. The Morgan fingerprint density at radius 3 is 1.75 bits per heavy atom. The number of para-hydroxylation sites is 2. The Kier molecular flexibility index (Phi) is 5.07. The average molecular weight is 622 g/mol. The normalized spacial score (nSPS) is 13.7. The van der Waals surface area contributed by atoms with Crippen LogP contribution in [0.15, 0.2) is 192 Å². The Labute approximate surface area is 291 Å². The fourth-order valence-electron chi connectivity index (χ4n) is 6.21. The van der Waals surface area contributed by atoms with Crippen molar-refractivity contribution in [1.82, 2.24) is 0 Å². The molecular weight excluding hydrogens is 583 g/mol. The Bertz CT molecular complexity index is 2960. The van der Waals surface area contributed by atoms with Crippen molar-refractivity contribution < 1.29 is 15.4 Å². The molecular formula is C46H31NO. The first-order valence-electron chi connectivity index (χ1n) is 19.7. The van der Waals surface area contributed by atoms with E-state index in [0.29, 0.717) is 22.4 Å². The Morgan fingerprint density at radius 1 is 0.396 bits per heavy atom.